The molecule has 1 N–H and O–H groups in total. The van der Waals surface area contributed by atoms with Gasteiger partial charge in [-0.25, -0.2) is 0 Å². The molecule has 108 valence electrons. The Morgan fingerprint density at radius 3 is 2.89 bits per heavy atom. The lowest BCUT2D eigenvalue weighted by Gasteiger charge is -2.34. The van der Waals surface area contributed by atoms with E-state index in [1.807, 2.05) is 0 Å². The van der Waals surface area contributed by atoms with E-state index < -0.39 is 0 Å². The van der Waals surface area contributed by atoms with Crippen LogP contribution in [0.15, 0.2) is 0 Å². The number of nitrogens with zero attached hydrogens (tertiary/aromatic N) is 2. The number of rotatable bonds is 2. The van der Waals surface area contributed by atoms with Crippen molar-refractivity contribution < 1.29 is 4.79 Å². The second-order valence-corrected chi connectivity index (χ2v) is 6.50. The summed E-state index contributed by atoms with van der Waals surface area (Å²) in [5.41, 5.74) is -0.103. The summed E-state index contributed by atoms with van der Waals surface area (Å²) in [6.07, 6.45) is 5.74. The molecule has 3 aliphatic heterocycles. The van der Waals surface area contributed by atoms with Gasteiger partial charge in [0.15, 0.2) is 0 Å². The van der Waals surface area contributed by atoms with Crippen LogP contribution in [-0.4, -0.2) is 61.0 Å². The maximum atomic E-state index is 13.0. The molecule has 1 amide bonds. The van der Waals surface area contributed by atoms with Gasteiger partial charge in [0.25, 0.3) is 0 Å². The average Bonchev–Trinajstić information content (AvgIpc) is 3.04. The highest BCUT2D eigenvalue weighted by atomic mass is 16.2. The average molecular weight is 265 g/mol. The Kier molecular flexibility index (Phi) is 3.81. The molecule has 19 heavy (non-hydrogen) atoms. The summed E-state index contributed by atoms with van der Waals surface area (Å²) in [7, 11) is 0. The van der Waals surface area contributed by atoms with Gasteiger partial charge < -0.3 is 10.2 Å². The first-order valence-corrected chi connectivity index (χ1v) is 7.99. The molecule has 0 aromatic carbocycles. The smallest absolute Gasteiger partial charge is 0.230 e. The molecule has 3 fully saturated rings. The largest absolute Gasteiger partial charge is 0.341 e. The lowest BCUT2D eigenvalue weighted by Crippen LogP contribution is -2.48. The number of hydrogen-bond acceptors (Lipinski definition) is 3. The van der Waals surface area contributed by atoms with Crippen molar-refractivity contribution in [2.45, 2.75) is 45.1 Å². The predicted molar refractivity (Wildman–Crippen MR) is 76.0 cm³/mol. The zero-order chi connectivity index (χ0) is 13.3. The number of hydrogen-bond donors (Lipinski definition) is 1. The molecule has 0 spiro atoms. The molecule has 2 atom stereocenters. The van der Waals surface area contributed by atoms with E-state index in [2.05, 4.69) is 22.0 Å². The monoisotopic (exact) mass is 265 g/mol. The standard InChI is InChI=1S/C15H27N3O/c1-2-15(6-7-16-12-15)14(19)18-10-4-9-17-8-3-5-13(17)11-18/h13,16H,2-12H2,1H3. The molecule has 0 aromatic heterocycles. The third-order valence-electron chi connectivity index (χ3n) is 5.46. The zero-order valence-electron chi connectivity index (χ0n) is 12.2. The van der Waals surface area contributed by atoms with Crippen LogP contribution in [0.3, 0.4) is 0 Å². The molecule has 3 saturated heterocycles. The Balaban J connectivity index is 1.71. The minimum atomic E-state index is -0.103. The number of nitrogens with one attached hydrogen (secondary N) is 1. The maximum absolute atomic E-state index is 13.0. The highest BCUT2D eigenvalue weighted by Gasteiger charge is 2.43. The topological polar surface area (TPSA) is 35.6 Å². The third kappa shape index (κ3) is 2.40. The summed E-state index contributed by atoms with van der Waals surface area (Å²) in [4.78, 5) is 17.7. The van der Waals surface area contributed by atoms with E-state index in [1.165, 1.54) is 25.9 Å². The van der Waals surface area contributed by atoms with Gasteiger partial charge in [-0.05, 0) is 45.2 Å². The van der Waals surface area contributed by atoms with E-state index in [0.29, 0.717) is 11.9 Å². The number of amides is 1. The van der Waals surface area contributed by atoms with Gasteiger partial charge in [-0.15, -0.1) is 0 Å². The van der Waals surface area contributed by atoms with Crippen LogP contribution < -0.4 is 5.32 Å². The molecule has 3 heterocycles. The van der Waals surface area contributed by atoms with Crippen molar-refractivity contribution in [3.8, 4) is 0 Å². The number of carbonyl (C=O) groups is 1. The molecular weight excluding hydrogens is 238 g/mol. The quantitative estimate of drug-likeness (QED) is 0.811. The maximum Gasteiger partial charge on any atom is 0.230 e. The van der Waals surface area contributed by atoms with Gasteiger partial charge in [0.2, 0.25) is 5.91 Å². The second-order valence-electron chi connectivity index (χ2n) is 6.50. The fourth-order valence-electron chi connectivity index (χ4n) is 4.11. The van der Waals surface area contributed by atoms with E-state index in [-0.39, 0.29) is 5.41 Å². The van der Waals surface area contributed by atoms with Crippen molar-refractivity contribution in [1.82, 2.24) is 15.1 Å². The van der Waals surface area contributed by atoms with Crippen molar-refractivity contribution in [3.63, 3.8) is 0 Å². The van der Waals surface area contributed by atoms with Gasteiger partial charge in [-0.3, -0.25) is 9.69 Å². The van der Waals surface area contributed by atoms with Crippen LogP contribution in [0.4, 0.5) is 0 Å². The molecule has 0 saturated carbocycles. The van der Waals surface area contributed by atoms with Gasteiger partial charge in [0.05, 0.1) is 5.41 Å². The molecule has 0 radical (unpaired) electrons. The minimum absolute atomic E-state index is 0.103. The van der Waals surface area contributed by atoms with E-state index in [9.17, 15) is 4.79 Å². The first-order valence-electron chi connectivity index (χ1n) is 7.99. The Labute approximate surface area is 116 Å². The van der Waals surface area contributed by atoms with Crippen molar-refractivity contribution in [3.05, 3.63) is 0 Å². The molecule has 3 rings (SSSR count). The van der Waals surface area contributed by atoms with Gasteiger partial charge in [0.1, 0.15) is 0 Å². The van der Waals surface area contributed by atoms with Gasteiger partial charge in [-0.2, -0.15) is 0 Å². The first-order chi connectivity index (χ1) is 9.25. The lowest BCUT2D eigenvalue weighted by atomic mass is 9.82. The van der Waals surface area contributed by atoms with Crippen LogP contribution in [0.5, 0.6) is 0 Å². The summed E-state index contributed by atoms with van der Waals surface area (Å²) >= 11 is 0. The molecule has 3 aliphatic rings. The Morgan fingerprint density at radius 1 is 1.32 bits per heavy atom. The Hall–Kier alpha value is -0.610. The first kappa shape index (κ1) is 13.4. The van der Waals surface area contributed by atoms with E-state index in [1.54, 1.807) is 0 Å². The van der Waals surface area contributed by atoms with Gasteiger partial charge >= 0.3 is 0 Å². The molecule has 4 heteroatoms. The fourth-order valence-corrected chi connectivity index (χ4v) is 4.11. The van der Waals surface area contributed by atoms with Crippen LogP contribution in [0.1, 0.15) is 39.0 Å². The summed E-state index contributed by atoms with van der Waals surface area (Å²) in [6, 6.07) is 0.634. The van der Waals surface area contributed by atoms with Crippen LogP contribution in [0.25, 0.3) is 0 Å². The fraction of sp³-hybridized carbons (Fsp3) is 0.933. The summed E-state index contributed by atoms with van der Waals surface area (Å²) < 4.78 is 0. The van der Waals surface area contributed by atoms with Crippen LogP contribution >= 0.6 is 0 Å². The third-order valence-corrected chi connectivity index (χ3v) is 5.46. The van der Waals surface area contributed by atoms with Crippen molar-refractivity contribution in [1.29, 1.82) is 0 Å². The van der Waals surface area contributed by atoms with Crippen LogP contribution in [-0.2, 0) is 4.79 Å². The molecule has 2 unspecified atom stereocenters. The molecule has 0 aromatic rings. The summed E-state index contributed by atoms with van der Waals surface area (Å²) in [5.74, 6) is 0.425. The van der Waals surface area contributed by atoms with Crippen molar-refractivity contribution in [2.75, 3.05) is 39.3 Å². The number of carbonyl (C=O) groups excluding carboxylic acids is 1. The lowest BCUT2D eigenvalue weighted by molar-refractivity contribution is -0.141. The summed E-state index contributed by atoms with van der Waals surface area (Å²) in [5, 5.41) is 3.39. The van der Waals surface area contributed by atoms with Crippen molar-refractivity contribution >= 4 is 5.91 Å². The van der Waals surface area contributed by atoms with E-state index >= 15 is 0 Å². The normalized spacial score (nSPS) is 36.3. The van der Waals surface area contributed by atoms with Gasteiger partial charge in [0, 0.05) is 32.2 Å². The zero-order valence-corrected chi connectivity index (χ0v) is 12.2. The highest BCUT2D eigenvalue weighted by Crippen LogP contribution is 2.33. The van der Waals surface area contributed by atoms with Crippen molar-refractivity contribution in [2.24, 2.45) is 5.41 Å². The van der Waals surface area contributed by atoms with Crippen LogP contribution in [0.2, 0.25) is 0 Å². The SMILES string of the molecule is CCC1(C(=O)N2CCCN3CCCC3C2)CCNC1. The Morgan fingerprint density at radius 2 is 2.16 bits per heavy atom. The van der Waals surface area contributed by atoms with E-state index in [0.717, 1.165) is 45.4 Å². The van der Waals surface area contributed by atoms with Gasteiger partial charge in [-0.1, -0.05) is 6.92 Å². The van der Waals surface area contributed by atoms with E-state index in [4.69, 9.17) is 0 Å². The minimum Gasteiger partial charge on any atom is -0.341 e. The Bertz CT molecular complexity index is 338. The molecule has 4 nitrogen and oxygen atoms in total. The molecule has 0 aliphatic carbocycles. The molecular formula is C15H27N3O. The number of fused-ring (bicyclic) bond motifs is 1. The predicted octanol–water partition coefficient (Wildman–Crippen LogP) is 1.07. The molecule has 0 bridgehead atoms. The second kappa shape index (κ2) is 5.41. The van der Waals surface area contributed by atoms with Crippen LogP contribution in [0, 0.1) is 5.41 Å². The highest BCUT2D eigenvalue weighted by molar-refractivity contribution is 5.83. The summed E-state index contributed by atoms with van der Waals surface area (Å²) in [6.45, 7) is 8.42.